The molecule has 8 nitrogen and oxygen atoms in total. The van der Waals surface area contributed by atoms with Crippen LogP contribution in [0.5, 0.6) is 5.88 Å². The van der Waals surface area contributed by atoms with Crippen LogP contribution in [0.2, 0.25) is 0 Å². The molecule has 12 heteroatoms. The molecule has 4 aromatic rings. The number of ether oxygens (including phenoxy) is 1. The number of nitrogens with two attached hydrogens (primary N) is 1. The van der Waals surface area contributed by atoms with Gasteiger partial charge in [-0.15, -0.1) is 0 Å². The minimum Gasteiger partial charge on any atom is -0.480 e. The average molecular weight is 575 g/mol. The molecule has 0 radical (unpaired) electrons. The summed E-state index contributed by atoms with van der Waals surface area (Å²) in [6.07, 6.45) is 0.219. The van der Waals surface area contributed by atoms with Gasteiger partial charge in [-0.25, -0.2) is 14.5 Å². The fourth-order valence-corrected chi connectivity index (χ4v) is 5.09. The SMILES string of the molecule is COc1ncc(-c2cc(C(F)(F)F)c3c(N)ncnn23)cc1C(=O)N[C@H]1CC[C@@H](c2ccc(Br)cc2)C1. The highest BCUT2D eigenvalue weighted by Gasteiger charge is 2.37. The summed E-state index contributed by atoms with van der Waals surface area (Å²) in [4.78, 5) is 21.1. The number of nitrogens with one attached hydrogen (secondary N) is 1. The molecule has 1 amide bonds. The Morgan fingerprint density at radius 3 is 2.65 bits per heavy atom. The molecule has 0 unspecified atom stereocenters. The summed E-state index contributed by atoms with van der Waals surface area (Å²) >= 11 is 3.44. The van der Waals surface area contributed by atoms with Crippen LogP contribution >= 0.6 is 15.9 Å². The summed E-state index contributed by atoms with van der Waals surface area (Å²) in [5, 5.41) is 6.99. The zero-order valence-corrected chi connectivity index (χ0v) is 21.2. The number of pyridine rings is 1. The number of nitrogen functional groups attached to an aromatic ring is 1. The molecule has 192 valence electrons. The quantitative estimate of drug-likeness (QED) is 0.338. The van der Waals surface area contributed by atoms with Crippen LogP contribution in [0.3, 0.4) is 0 Å². The number of nitrogens with zero attached hydrogens (tertiary/aromatic N) is 4. The Morgan fingerprint density at radius 2 is 1.95 bits per heavy atom. The molecular formula is C25H22BrF3N6O2. The van der Waals surface area contributed by atoms with E-state index in [1.807, 2.05) is 12.1 Å². The Bertz CT molecular complexity index is 1470. The van der Waals surface area contributed by atoms with Crippen LogP contribution in [0.25, 0.3) is 16.8 Å². The summed E-state index contributed by atoms with van der Waals surface area (Å²) in [5.41, 5.74) is 6.03. The predicted octanol–water partition coefficient (Wildman–Crippen LogP) is 5.23. The molecule has 0 aliphatic heterocycles. The van der Waals surface area contributed by atoms with Crippen molar-refractivity contribution in [3.63, 3.8) is 0 Å². The lowest BCUT2D eigenvalue weighted by Crippen LogP contribution is -2.33. The van der Waals surface area contributed by atoms with Gasteiger partial charge in [-0.05, 0) is 55.0 Å². The Labute approximate surface area is 218 Å². The zero-order chi connectivity index (χ0) is 26.3. The lowest BCUT2D eigenvalue weighted by atomic mass is 9.97. The highest BCUT2D eigenvalue weighted by Crippen LogP contribution is 2.39. The standard InChI is InChI=1S/C25H22BrF3N6O2/c1-37-24-18(23(36)34-17-7-4-14(8-17)13-2-5-16(26)6-3-13)9-15(11-31-24)20-10-19(25(27,28)29)21-22(30)32-12-33-35(20)21/h2-3,5-6,9-12,14,17H,4,7-8H2,1H3,(H,34,36)(H2,30,32,33)/t14-,17+/m1/s1. The molecule has 37 heavy (non-hydrogen) atoms. The van der Waals surface area contributed by atoms with Gasteiger partial charge in [0.1, 0.15) is 17.4 Å². The fourth-order valence-electron chi connectivity index (χ4n) is 4.82. The predicted molar refractivity (Wildman–Crippen MR) is 134 cm³/mol. The number of amides is 1. The number of alkyl halides is 3. The average Bonchev–Trinajstić information content (AvgIpc) is 3.50. The highest BCUT2D eigenvalue weighted by molar-refractivity contribution is 9.10. The number of hydrogen-bond donors (Lipinski definition) is 2. The molecule has 5 rings (SSSR count). The topological polar surface area (TPSA) is 107 Å². The first-order chi connectivity index (χ1) is 17.7. The van der Waals surface area contributed by atoms with Crippen LogP contribution < -0.4 is 15.8 Å². The number of halogens is 4. The molecule has 1 fully saturated rings. The van der Waals surface area contributed by atoms with Gasteiger partial charge in [0.25, 0.3) is 5.91 Å². The summed E-state index contributed by atoms with van der Waals surface area (Å²) in [5.74, 6) is -0.342. The Morgan fingerprint density at radius 1 is 1.19 bits per heavy atom. The lowest BCUT2D eigenvalue weighted by molar-refractivity contribution is -0.136. The van der Waals surface area contributed by atoms with Gasteiger partial charge in [-0.3, -0.25) is 4.79 Å². The van der Waals surface area contributed by atoms with Crippen LogP contribution in [0, 0.1) is 0 Å². The lowest BCUT2D eigenvalue weighted by Gasteiger charge is -2.15. The van der Waals surface area contributed by atoms with E-state index in [9.17, 15) is 18.0 Å². The Kier molecular flexibility index (Phi) is 6.52. The monoisotopic (exact) mass is 574 g/mol. The normalized spacial score (nSPS) is 17.8. The number of carbonyl (C=O) groups is 1. The van der Waals surface area contributed by atoms with Crippen LogP contribution in [0.15, 0.2) is 53.4 Å². The van der Waals surface area contributed by atoms with E-state index in [0.717, 1.165) is 40.6 Å². The second-order valence-electron chi connectivity index (χ2n) is 8.86. The van der Waals surface area contributed by atoms with Gasteiger partial charge in [-0.2, -0.15) is 18.3 Å². The molecule has 3 aromatic heterocycles. The molecule has 2 atom stereocenters. The molecule has 1 aliphatic carbocycles. The zero-order valence-electron chi connectivity index (χ0n) is 19.6. The molecule has 0 spiro atoms. The van der Waals surface area contributed by atoms with E-state index in [1.54, 1.807) is 0 Å². The maximum absolute atomic E-state index is 13.7. The number of hydrogen-bond acceptors (Lipinski definition) is 6. The first-order valence-electron chi connectivity index (χ1n) is 11.5. The van der Waals surface area contributed by atoms with Gasteiger partial charge in [-0.1, -0.05) is 28.1 Å². The third kappa shape index (κ3) is 4.85. The number of anilines is 1. The van der Waals surface area contributed by atoms with Crippen molar-refractivity contribution in [2.24, 2.45) is 0 Å². The van der Waals surface area contributed by atoms with E-state index in [2.05, 4.69) is 48.4 Å². The smallest absolute Gasteiger partial charge is 0.418 e. The maximum Gasteiger partial charge on any atom is 0.418 e. The molecule has 1 aliphatic rings. The van der Waals surface area contributed by atoms with E-state index in [0.29, 0.717) is 5.92 Å². The first kappa shape index (κ1) is 25.0. The number of rotatable bonds is 5. The van der Waals surface area contributed by atoms with Gasteiger partial charge in [0.05, 0.1) is 18.4 Å². The highest BCUT2D eigenvalue weighted by atomic mass is 79.9. The maximum atomic E-state index is 13.7. The molecule has 3 N–H and O–H groups in total. The molecule has 1 saturated carbocycles. The van der Waals surface area contributed by atoms with Crippen LogP contribution in [-0.4, -0.2) is 38.6 Å². The summed E-state index contributed by atoms with van der Waals surface area (Å²) in [6.45, 7) is 0. The van der Waals surface area contributed by atoms with Crippen molar-refractivity contribution in [3.05, 3.63) is 70.1 Å². The summed E-state index contributed by atoms with van der Waals surface area (Å²) < 4.78 is 48.5. The van der Waals surface area contributed by atoms with Crippen molar-refractivity contribution < 1.29 is 22.7 Å². The third-order valence-electron chi connectivity index (χ3n) is 6.58. The van der Waals surface area contributed by atoms with E-state index in [1.165, 1.54) is 24.9 Å². The first-order valence-corrected chi connectivity index (χ1v) is 12.2. The van der Waals surface area contributed by atoms with Gasteiger partial charge < -0.3 is 15.8 Å². The minimum atomic E-state index is -4.68. The van der Waals surface area contributed by atoms with Crippen molar-refractivity contribution in [1.29, 1.82) is 0 Å². The molecule has 0 bridgehead atoms. The largest absolute Gasteiger partial charge is 0.480 e. The summed E-state index contributed by atoms with van der Waals surface area (Å²) in [7, 11) is 1.38. The van der Waals surface area contributed by atoms with E-state index in [-0.39, 0.29) is 40.1 Å². The van der Waals surface area contributed by atoms with Gasteiger partial charge in [0.2, 0.25) is 5.88 Å². The minimum absolute atomic E-state index is 0.0620. The van der Waals surface area contributed by atoms with E-state index in [4.69, 9.17) is 10.5 Å². The number of fused-ring (bicyclic) bond motifs is 1. The number of benzene rings is 1. The van der Waals surface area contributed by atoms with Crippen molar-refractivity contribution >= 4 is 33.2 Å². The number of aromatic nitrogens is 4. The van der Waals surface area contributed by atoms with Crippen molar-refractivity contribution in [1.82, 2.24) is 24.9 Å². The molecule has 1 aromatic carbocycles. The van der Waals surface area contributed by atoms with E-state index < -0.39 is 17.6 Å². The fraction of sp³-hybridized carbons (Fsp3) is 0.280. The van der Waals surface area contributed by atoms with Crippen molar-refractivity contribution in [2.45, 2.75) is 37.4 Å². The Hall–Kier alpha value is -3.67. The van der Waals surface area contributed by atoms with Crippen LogP contribution in [0.4, 0.5) is 19.0 Å². The number of carbonyl (C=O) groups excluding carboxylic acids is 1. The van der Waals surface area contributed by atoms with Crippen molar-refractivity contribution in [3.8, 4) is 17.1 Å². The van der Waals surface area contributed by atoms with Gasteiger partial charge in [0, 0.05) is 22.3 Å². The molecule has 0 saturated heterocycles. The second-order valence-corrected chi connectivity index (χ2v) is 9.78. The van der Waals surface area contributed by atoms with Crippen LogP contribution in [-0.2, 0) is 6.18 Å². The van der Waals surface area contributed by atoms with Gasteiger partial charge in [0.15, 0.2) is 5.82 Å². The Balaban J connectivity index is 1.44. The number of methoxy groups -OCH3 is 1. The molecular weight excluding hydrogens is 553 g/mol. The summed E-state index contributed by atoms with van der Waals surface area (Å²) in [6, 6.07) is 10.4. The third-order valence-corrected chi connectivity index (χ3v) is 7.11. The molecule has 3 heterocycles. The second kappa shape index (κ2) is 9.66. The van der Waals surface area contributed by atoms with Crippen molar-refractivity contribution in [2.75, 3.05) is 12.8 Å². The van der Waals surface area contributed by atoms with Gasteiger partial charge >= 0.3 is 6.18 Å². The van der Waals surface area contributed by atoms with E-state index >= 15 is 0 Å². The van der Waals surface area contributed by atoms with Crippen LogP contribution in [0.1, 0.15) is 46.7 Å².